The summed E-state index contributed by atoms with van der Waals surface area (Å²) in [4.78, 5) is 33.9. The minimum Gasteiger partial charge on any atom is -0.550 e. The number of carbonyl (C=O) groups excluding carboxylic acids is 3. The number of amides is 2. The predicted molar refractivity (Wildman–Crippen MR) is 103 cm³/mol. The lowest BCUT2D eigenvalue weighted by Gasteiger charge is -2.07. The molecule has 9 heteroatoms. The zero-order valence-corrected chi connectivity index (χ0v) is 15.3. The molecule has 1 aliphatic rings. The van der Waals surface area contributed by atoms with Crippen molar-refractivity contribution in [2.45, 2.75) is 24.5 Å². The van der Waals surface area contributed by atoms with Gasteiger partial charge < -0.3 is 20.5 Å². The van der Waals surface area contributed by atoms with Gasteiger partial charge in [-0.15, -0.1) is 5.10 Å². The molecule has 1 aromatic carbocycles. The molecule has 142 valence electrons. The molecule has 2 rings (SSSR count). The molecular weight excluding hydrogens is 368 g/mol. The van der Waals surface area contributed by atoms with E-state index in [9.17, 15) is 19.5 Å². The number of thioether (sulfide) groups is 1. The number of hydrogen-bond acceptors (Lipinski definition) is 7. The maximum Gasteiger partial charge on any atom is 0.240 e. The average Bonchev–Trinajstić information content (AvgIpc) is 2.98. The van der Waals surface area contributed by atoms with Gasteiger partial charge >= 0.3 is 0 Å². The first-order valence-electron chi connectivity index (χ1n) is 8.31. The highest BCUT2D eigenvalue weighted by Crippen LogP contribution is 2.22. The van der Waals surface area contributed by atoms with Gasteiger partial charge in [-0.3, -0.25) is 9.59 Å². The van der Waals surface area contributed by atoms with E-state index < -0.39 is 11.2 Å². The molecule has 1 atom stereocenters. The van der Waals surface area contributed by atoms with Crippen LogP contribution in [0.2, 0.25) is 0 Å². The second-order valence-corrected chi connectivity index (χ2v) is 6.76. The van der Waals surface area contributed by atoms with Gasteiger partial charge in [0.1, 0.15) is 5.25 Å². The summed E-state index contributed by atoms with van der Waals surface area (Å²) in [5.41, 5.74) is 1.03. The molecule has 1 heterocycles. The minimum absolute atomic E-state index is 0.0154. The molecule has 1 aliphatic heterocycles. The van der Waals surface area contributed by atoms with Gasteiger partial charge in [-0.2, -0.15) is 5.10 Å². The van der Waals surface area contributed by atoms with E-state index in [0.29, 0.717) is 5.17 Å². The highest BCUT2D eigenvalue weighted by molar-refractivity contribution is 8.15. The number of amidine groups is 1. The van der Waals surface area contributed by atoms with E-state index in [-0.39, 0.29) is 37.6 Å². The summed E-state index contributed by atoms with van der Waals surface area (Å²) in [6, 6.07) is 9.71. The van der Waals surface area contributed by atoms with E-state index in [1.165, 1.54) is 6.21 Å². The number of carboxylic acid groups (broad SMARTS) is 1. The molecule has 0 aromatic heterocycles. The van der Waals surface area contributed by atoms with Crippen molar-refractivity contribution in [1.29, 1.82) is 0 Å². The van der Waals surface area contributed by atoms with E-state index in [1.54, 1.807) is 6.08 Å². The third-order valence-electron chi connectivity index (χ3n) is 3.42. The lowest BCUT2D eigenvalue weighted by atomic mass is 10.2. The summed E-state index contributed by atoms with van der Waals surface area (Å²) < 4.78 is 0. The van der Waals surface area contributed by atoms with Crippen LogP contribution < -0.4 is 15.7 Å². The van der Waals surface area contributed by atoms with Crippen molar-refractivity contribution in [3.05, 3.63) is 42.0 Å². The Morgan fingerprint density at radius 1 is 1.30 bits per heavy atom. The highest BCUT2D eigenvalue weighted by Gasteiger charge is 2.32. The molecule has 1 saturated heterocycles. The second kappa shape index (κ2) is 10.9. The molecule has 0 unspecified atom stereocenters. The molecule has 1 aromatic rings. The Labute approximate surface area is 160 Å². The van der Waals surface area contributed by atoms with E-state index in [0.717, 1.165) is 17.3 Å². The Morgan fingerprint density at radius 2 is 2.07 bits per heavy atom. The number of benzene rings is 1. The Kier molecular flexibility index (Phi) is 8.24. The Balaban J connectivity index is 1.74. The summed E-state index contributed by atoms with van der Waals surface area (Å²) in [5.74, 6) is -1.79. The van der Waals surface area contributed by atoms with Crippen LogP contribution >= 0.6 is 11.8 Å². The van der Waals surface area contributed by atoms with Crippen molar-refractivity contribution < 1.29 is 19.5 Å². The van der Waals surface area contributed by atoms with E-state index in [2.05, 4.69) is 20.8 Å². The van der Waals surface area contributed by atoms with Crippen LogP contribution in [0.25, 0.3) is 6.08 Å². The molecular formula is C18H19N4O4S-. The molecule has 0 aliphatic carbocycles. The number of nitrogens with zero attached hydrogens (tertiary/aromatic N) is 2. The van der Waals surface area contributed by atoms with Gasteiger partial charge in [0.05, 0.1) is 0 Å². The van der Waals surface area contributed by atoms with Crippen LogP contribution in [0, 0.1) is 0 Å². The summed E-state index contributed by atoms with van der Waals surface area (Å²) in [6.45, 7) is 0.227. The molecule has 0 saturated carbocycles. The summed E-state index contributed by atoms with van der Waals surface area (Å²) in [7, 11) is 0. The number of allylic oxidation sites excluding steroid dienone is 1. The van der Waals surface area contributed by atoms with Crippen molar-refractivity contribution in [3.8, 4) is 0 Å². The lowest BCUT2D eigenvalue weighted by Crippen LogP contribution is -2.32. The van der Waals surface area contributed by atoms with E-state index >= 15 is 0 Å². The van der Waals surface area contributed by atoms with Gasteiger partial charge in [0.15, 0.2) is 5.17 Å². The number of nitrogens with one attached hydrogen (secondary N) is 2. The zero-order valence-electron chi connectivity index (χ0n) is 14.5. The van der Waals surface area contributed by atoms with Crippen LogP contribution in [0.5, 0.6) is 0 Å². The van der Waals surface area contributed by atoms with Crippen LogP contribution in [0.1, 0.15) is 24.8 Å². The van der Waals surface area contributed by atoms with Gasteiger partial charge in [-0.25, -0.2) is 0 Å². The quantitative estimate of drug-likeness (QED) is 0.359. The maximum atomic E-state index is 11.9. The van der Waals surface area contributed by atoms with E-state index in [4.69, 9.17) is 0 Å². The first-order chi connectivity index (χ1) is 13.0. The standard InChI is InChI=1S/C18H20N4O4S/c23-15(19-10-5-9-16(24)25)12-14-17(26)21-18(27-14)22-20-11-4-8-13-6-2-1-3-7-13/h1-4,6-8,11,14H,5,9-10,12H2,(H,19,23)(H,24,25)(H,21,22,26)/p-1/b8-4+,20-11-/t14-/m1/s1. The molecule has 2 amide bonds. The van der Waals surface area contributed by atoms with Crippen LogP contribution in [0.15, 0.2) is 46.6 Å². The van der Waals surface area contributed by atoms with Gasteiger partial charge in [-0.1, -0.05) is 48.2 Å². The van der Waals surface area contributed by atoms with Crippen LogP contribution in [0.3, 0.4) is 0 Å². The molecule has 0 radical (unpaired) electrons. The van der Waals surface area contributed by atoms with Crippen molar-refractivity contribution in [1.82, 2.24) is 10.6 Å². The van der Waals surface area contributed by atoms with Crippen molar-refractivity contribution in [2.75, 3.05) is 6.54 Å². The minimum atomic E-state index is -1.16. The SMILES string of the molecule is O=C([O-])CCCNC(=O)C[C@H]1S\C(=N/N=C\C=C\c2ccccc2)NC1=O. The fourth-order valence-electron chi connectivity index (χ4n) is 2.13. The predicted octanol–water partition coefficient (Wildman–Crippen LogP) is 0.310. The summed E-state index contributed by atoms with van der Waals surface area (Å²) >= 11 is 1.13. The molecule has 1 fully saturated rings. The Bertz CT molecular complexity index is 762. The van der Waals surface area contributed by atoms with Gasteiger partial charge in [0, 0.05) is 25.1 Å². The van der Waals surface area contributed by atoms with Crippen molar-refractivity contribution in [2.24, 2.45) is 10.2 Å². The van der Waals surface area contributed by atoms with Gasteiger partial charge in [-0.05, 0) is 24.5 Å². The average molecular weight is 387 g/mol. The van der Waals surface area contributed by atoms with Crippen LogP contribution in [0.4, 0.5) is 0 Å². The number of carboxylic acids is 1. The van der Waals surface area contributed by atoms with Gasteiger partial charge in [0.2, 0.25) is 11.8 Å². The monoisotopic (exact) mass is 387 g/mol. The Hall–Kier alpha value is -2.94. The highest BCUT2D eigenvalue weighted by atomic mass is 32.2. The first-order valence-corrected chi connectivity index (χ1v) is 9.19. The lowest BCUT2D eigenvalue weighted by molar-refractivity contribution is -0.305. The Morgan fingerprint density at radius 3 is 2.81 bits per heavy atom. The summed E-state index contributed by atoms with van der Waals surface area (Å²) in [6.07, 6.45) is 5.26. The number of rotatable bonds is 9. The fraction of sp³-hybridized carbons (Fsp3) is 0.278. The van der Waals surface area contributed by atoms with Crippen LogP contribution in [-0.4, -0.2) is 41.0 Å². The smallest absolute Gasteiger partial charge is 0.240 e. The molecule has 27 heavy (non-hydrogen) atoms. The second-order valence-electron chi connectivity index (χ2n) is 5.56. The first kappa shape index (κ1) is 20.4. The number of carbonyl (C=O) groups is 3. The van der Waals surface area contributed by atoms with Crippen molar-refractivity contribution in [3.63, 3.8) is 0 Å². The molecule has 2 N–H and O–H groups in total. The van der Waals surface area contributed by atoms with Gasteiger partial charge in [0.25, 0.3) is 0 Å². The normalized spacial score (nSPS) is 18.3. The number of aliphatic carboxylic acids is 1. The molecule has 0 spiro atoms. The topological polar surface area (TPSA) is 123 Å². The van der Waals surface area contributed by atoms with Crippen molar-refractivity contribution >= 4 is 47.0 Å². The maximum absolute atomic E-state index is 11.9. The fourth-order valence-corrected chi connectivity index (χ4v) is 3.05. The third kappa shape index (κ3) is 7.87. The number of hydrogen-bond donors (Lipinski definition) is 2. The van der Waals surface area contributed by atoms with E-state index in [1.807, 2.05) is 36.4 Å². The zero-order chi connectivity index (χ0) is 19.5. The largest absolute Gasteiger partial charge is 0.550 e. The van der Waals surface area contributed by atoms with Crippen LogP contribution in [-0.2, 0) is 14.4 Å². The summed E-state index contributed by atoms with van der Waals surface area (Å²) in [5, 5.41) is 23.0. The third-order valence-corrected chi connectivity index (χ3v) is 4.49. The molecule has 8 nitrogen and oxygen atoms in total. The molecule has 0 bridgehead atoms.